The van der Waals surface area contributed by atoms with E-state index < -0.39 is 0 Å². The molecule has 0 atom stereocenters. The van der Waals surface area contributed by atoms with E-state index in [9.17, 15) is 10.1 Å². The lowest BCUT2D eigenvalue weighted by Crippen LogP contribution is -2.41. The lowest BCUT2D eigenvalue weighted by molar-refractivity contribution is -0.385. The molecule has 4 nitrogen and oxygen atoms in total. The third kappa shape index (κ3) is 1.74. The SMILES string of the molecule is NCC1(c2ccc(Br)c([N+](=O)[O-])c2)CCC1. The van der Waals surface area contributed by atoms with Crippen molar-refractivity contribution in [2.75, 3.05) is 6.54 Å². The van der Waals surface area contributed by atoms with Crippen LogP contribution in [0.5, 0.6) is 0 Å². The molecule has 0 saturated heterocycles. The lowest BCUT2D eigenvalue weighted by atomic mass is 9.64. The van der Waals surface area contributed by atoms with Gasteiger partial charge in [0.2, 0.25) is 0 Å². The van der Waals surface area contributed by atoms with Crippen molar-refractivity contribution in [3.05, 3.63) is 38.3 Å². The molecule has 0 aromatic heterocycles. The molecule has 1 aromatic rings. The summed E-state index contributed by atoms with van der Waals surface area (Å²) in [6.45, 7) is 0.561. The summed E-state index contributed by atoms with van der Waals surface area (Å²) >= 11 is 3.19. The molecule has 0 amide bonds. The molecule has 2 N–H and O–H groups in total. The zero-order chi connectivity index (χ0) is 11.8. The van der Waals surface area contributed by atoms with Gasteiger partial charge >= 0.3 is 0 Å². The van der Waals surface area contributed by atoms with Gasteiger partial charge in [-0.25, -0.2) is 0 Å². The number of nitro benzene ring substituents is 1. The van der Waals surface area contributed by atoms with E-state index in [2.05, 4.69) is 15.9 Å². The van der Waals surface area contributed by atoms with Gasteiger partial charge in [-0.3, -0.25) is 10.1 Å². The third-order valence-electron chi connectivity index (χ3n) is 3.46. The van der Waals surface area contributed by atoms with Crippen molar-refractivity contribution in [2.45, 2.75) is 24.7 Å². The normalized spacial score (nSPS) is 17.9. The molecule has 0 unspecified atom stereocenters. The van der Waals surface area contributed by atoms with Crippen molar-refractivity contribution in [1.29, 1.82) is 0 Å². The number of halogens is 1. The number of hydrogen-bond donors (Lipinski definition) is 1. The summed E-state index contributed by atoms with van der Waals surface area (Å²) in [5.74, 6) is 0. The summed E-state index contributed by atoms with van der Waals surface area (Å²) in [4.78, 5) is 10.5. The van der Waals surface area contributed by atoms with Crippen molar-refractivity contribution in [3.63, 3.8) is 0 Å². The Morgan fingerprint density at radius 3 is 2.62 bits per heavy atom. The zero-order valence-electron chi connectivity index (χ0n) is 8.78. The van der Waals surface area contributed by atoms with Crippen LogP contribution < -0.4 is 5.73 Å². The molecule has 5 heteroatoms. The molecule has 1 fully saturated rings. The Kier molecular flexibility index (Phi) is 2.99. The second-order valence-electron chi connectivity index (χ2n) is 4.26. The van der Waals surface area contributed by atoms with Crippen LogP contribution >= 0.6 is 15.9 Å². The number of benzene rings is 1. The molecule has 1 saturated carbocycles. The Balaban J connectivity index is 2.43. The Labute approximate surface area is 102 Å². The van der Waals surface area contributed by atoms with Gasteiger partial charge in [0.25, 0.3) is 5.69 Å². The molecular weight excluding hydrogens is 272 g/mol. The minimum Gasteiger partial charge on any atom is -0.330 e. The molecule has 0 radical (unpaired) electrons. The maximum Gasteiger partial charge on any atom is 0.283 e. The van der Waals surface area contributed by atoms with Crippen LogP contribution in [0, 0.1) is 10.1 Å². The van der Waals surface area contributed by atoms with E-state index in [1.54, 1.807) is 12.1 Å². The Hall–Kier alpha value is -0.940. The summed E-state index contributed by atoms with van der Waals surface area (Å²) in [5, 5.41) is 10.8. The molecule has 2 rings (SSSR count). The first-order chi connectivity index (χ1) is 7.59. The smallest absolute Gasteiger partial charge is 0.283 e. The minimum atomic E-state index is -0.365. The van der Waals surface area contributed by atoms with Gasteiger partial charge < -0.3 is 5.73 Å². The van der Waals surface area contributed by atoms with E-state index in [4.69, 9.17) is 5.73 Å². The van der Waals surface area contributed by atoms with Gasteiger partial charge in [0.15, 0.2) is 0 Å². The van der Waals surface area contributed by atoms with Crippen LogP contribution in [-0.2, 0) is 5.41 Å². The summed E-state index contributed by atoms with van der Waals surface area (Å²) in [5.41, 5.74) is 6.88. The highest BCUT2D eigenvalue weighted by atomic mass is 79.9. The summed E-state index contributed by atoms with van der Waals surface area (Å²) < 4.78 is 0.521. The summed E-state index contributed by atoms with van der Waals surface area (Å²) in [6, 6.07) is 5.32. The fourth-order valence-corrected chi connectivity index (χ4v) is 2.59. The molecule has 86 valence electrons. The molecule has 1 aliphatic carbocycles. The van der Waals surface area contributed by atoms with Crippen LogP contribution in [-0.4, -0.2) is 11.5 Å². The highest BCUT2D eigenvalue weighted by Gasteiger charge is 2.38. The van der Waals surface area contributed by atoms with Crippen LogP contribution in [0.3, 0.4) is 0 Å². The van der Waals surface area contributed by atoms with E-state index in [1.165, 1.54) is 0 Å². The van der Waals surface area contributed by atoms with E-state index in [1.807, 2.05) is 6.07 Å². The molecule has 0 spiro atoms. The predicted molar refractivity (Wildman–Crippen MR) is 65.4 cm³/mol. The molecule has 0 heterocycles. The predicted octanol–water partition coefficient (Wildman–Crippen LogP) is 2.74. The van der Waals surface area contributed by atoms with Gasteiger partial charge in [-0.2, -0.15) is 0 Å². The fraction of sp³-hybridized carbons (Fsp3) is 0.455. The van der Waals surface area contributed by atoms with Gasteiger partial charge in [0.1, 0.15) is 0 Å². The van der Waals surface area contributed by atoms with E-state index in [0.717, 1.165) is 24.8 Å². The van der Waals surface area contributed by atoms with Crippen molar-refractivity contribution < 1.29 is 4.92 Å². The standard InChI is InChI=1S/C11H13BrN2O2/c12-9-3-2-8(6-10(9)14(15)16)11(7-13)4-1-5-11/h2-3,6H,1,4-5,7,13H2. The zero-order valence-corrected chi connectivity index (χ0v) is 10.4. The van der Waals surface area contributed by atoms with Gasteiger partial charge in [-0.1, -0.05) is 12.5 Å². The van der Waals surface area contributed by atoms with Gasteiger partial charge in [-0.15, -0.1) is 0 Å². The van der Waals surface area contributed by atoms with Crippen molar-refractivity contribution >= 4 is 21.6 Å². The average molecular weight is 285 g/mol. The minimum absolute atomic E-state index is 0.0224. The number of nitro groups is 1. The average Bonchev–Trinajstić information content (AvgIpc) is 2.19. The maximum atomic E-state index is 10.8. The monoisotopic (exact) mass is 284 g/mol. The first-order valence-corrected chi connectivity index (χ1v) is 6.03. The van der Waals surface area contributed by atoms with Crippen molar-refractivity contribution in [3.8, 4) is 0 Å². The number of nitrogens with zero attached hydrogens (tertiary/aromatic N) is 1. The molecule has 1 aromatic carbocycles. The lowest BCUT2D eigenvalue weighted by Gasteiger charge is -2.41. The van der Waals surface area contributed by atoms with Crippen molar-refractivity contribution in [1.82, 2.24) is 0 Å². The van der Waals surface area contributed by atoms with E-state index >= 15 is 0 Å². The number of rotatable bonds is 3. The van der Waals surface area contributed by atoms with Gasteiger partial charge in [0, 0.05) is 18.0 Å². The Bertz CT molecular complexity index is 424. The maximum absolute atomic E-state index is 10.8. The fourth-order valence-electron chi connectivity index (χ4n) is 2.20. The topological polar surface area (TPSA) is 69.2 Å². The molecule has 16 heavy (non-hydrogen) atoms. The van der Waals surface area contributed by atoms with Crippen LogP contribution in [0.2, 0.25) is 0 Å². The van der Waals surface area contributed by atoms with E-state index in [-0.39, 0.29) is 16.0 Å². The van der Waals surface area contributed by atoms with Crippen LogP contribution in [0.4, 0.5) is 5.69 Å². The second-order valence-corrected chi connectivity index (χ2v) is 5.12. The van der Waals surface area contributed by atoms with Gasteiger partial charge in [-0.05, 0) is 40.4 Å². The summed E-state index contributed by atoms with van der Waals surface area (Å²) in [6.07, 6.45) is 3.21. The van der Waals surface area contributed by atoms with Crippen molar-refractivity contribution in [2.24, 2.45) is 5.73 Å². The molecule has 1 aliphatic rings. The van der Waals surface area contributed by atoms with Gasteiger partial charge in [0.05, 0.1) is 9.40 Å². The third-order valence-corrected chi connectivity index (χ3v) is 4.13. The largest absolute Gasteiger partial charge is 0.330 e. The first kappa shape index (κ1) is 11.5. The highest BCUT2D eigenvalue weighted by molar-refractivity contribution is 9.10. The quantitative estimate of drug-likeness (QED) is 0.685. The molecule has 0 aliphatic heterocycles. The Morgan fingerprint density at radius 2 is 2.19 bits per heavy atom. The van der Waals surface area contributed by atoms with Crippen LogP contribution in [0.25, 0.3) is 0 Å². The number of hydrogen-bond acceptors (Lipinski definition) is 3. The summed E-state index contributed by atoms with van der Waals surface area (Å²) in [7, 11) is 0. The van der Waals surface area contributed by atoms with Crippen LogP contribution in [0.1, 0.15) is 24.8 Å². The highest BCUT2D eigenvalue weighted by Crippen LogP contribution is 2.44. The second kappa shape index (κ2) is 4.14. The molecule has 0 bridgehead atoms. The number of nitrogens with two attached hydrogens (primary N) is 1. The molecular formula is C11H13BrN2O2. The Morgan fingerprint density at radius 1 is 1.50 bits per heavy atom. The van der Waals surface area contributed by atoms with Crippen LogP contribution in [0.15, 0.2) is 22.7 Å². The van der Waals surface area contributed by atoms with E-state index in [0.29, 0.717) is 11.0 Å². The first-order valence-electron chi connectivity index (χ1n) is 5.23.